The van der Waals surface area contributed by atoms with Crippen molar-refractivity contribution in [1.29, 1.82) is 0 Å². The van der Waals surface area contributed by atoms with Gasteiger partial charge in [-0.3, -0.25) is 4.79 Å². The van der Waals surface area contributed by atoms with Gasteiger partial charge >= 0.3 is 6.18 Å². The Bertz CT molecular complexity index is 1290. The number of hydrogen-bond acceptors (Lipinski definition) is 5. The molecule has 1 fully saturated rings. The SMILES string of the molecule is CN1CCN(S(=O)(=O)c2cccc(C(=O)Nc3cc(C(F)(F)F)ccc3-n3cccn3)c2)CC1. The molecule has 1 aliphatic heterocycles. The van der Waals surface area contributed by atoms with Crippen LogP contribution in [0.1, 0.15) is 15.9 Å². The highest BCUT2D eigenvalue weighted by Crippen LogP contribution is 2.33. The molecule has 0 saturated carbocycles. The summed E-state index contributed by atoms with van der Waals surface area (Å²) in [6.45, 7) is 1.83. The number of halogens is 3. The number of nitrogens with one attached hydrogen (secondary N) is 1. The molecule has 0 spiro atoms. The van der Waals surface area contributed by atoms with E-state index in [2.05, 4.69) is 10.4 Å². The quantitative estimate of drug-likeness (QED) is 0.590. The third-order valence-electron chi connectivity index (χ3n) is 5.52. The molecule has 0 unspecified atom stereocenters. The van der Waals surface area contributed by atoms with Gasteiger partial charge in [0.2, 0.25) is 10.0 Å². The van der Waals surface area contributed by atoms with Gasteiger partial charge in [0, 0.05) is 44.1 Å². The van der Waals surface area contributed by atoms with E-state index in [0.717, 1.165) is 12.1 Å². The van der Waals surface area contributed by atoms with Crippen molar-refractivity contribution >= 4 is 21.6 Å². The lowest BCUT2D eigenvalue weighted by Gasteiger charge is -2.31. The second-order valence-corrected chi connectivity index (χ2v) is 9.81. The highest BCUT2D eigenvalue weighted by molar-refractivity contribution is 7.89. The summed E-state index contributed by atoms with van der Waals surface area (Å²) in [5.41, 5.74) is -0.826. The van der Waals surface area contributed by atoms with Gasteiger partial charge in [-0.2, -0.15) is 22.6 Å². The first kappa shape index (κ1) is 23.9. The van der Waals surface area contributed by atoms with E-state index < -0.39 is 27.7 Å². The van der Waals surface area contributed by atoms with Crippen molar-refractivity contribution in [1.82, 2.24) is 19.0 Å². The van der Waals surface area contributed by atoms with Crippen LogP contribution in [-0.4, -0.2) is 66.5 Å². The number of piperazine rings is 1. The molecule has 8 nitrogen and oxygen atoms in total. The number of carbonyl (C=O) groups is 1. The van der Waals surface area contributed by atoms with Gasteiger partial charge in [0.05, 0.1) is 21.8 Å². The first-order chi connectivity index (χ1) is 16.1. The largest absolute Gasteiger partial charge is 0.416 e. The van der Waals surface area contributed by atoms with Crippen LogP contribution in [0.15, 0.2) is 65.8 Å². The molecular weight excluding hydrogens is 471 g/mol. The molecule has 34 heavy (non-hydrogen) atoms. The van der Waals surface area contributed by atoms with E-state index >= 15 is 0 Å². The fraction of sp³-hybridized carbons (Fsp3) is 0.273. The Morgan fingerprint density at radius 2 is 1.76 bits per heavy atom. The first-order valence-electron chi connectivity index (χ1n) is 10.4. The topological polar surface area (TPSA) is 87.5 Å². The number of aromatic nitrogens is 2. The molecule has 3 aromatic rings. The number of alkyl halides is 3. The van der Waals surface area contributed by atoms with Crippen LogP contribution in [-0.2, 0) is 16.2 Å². The average molecular weight is 494 g/mol. The number of hydrogen-bond donors (Lipinski definition) is 1. The first-order valence-corrected chi connectivity index (χ1v) is 11.8. The Balaban J connectivity index is 1.64. The normalized spacial score (nSPS) is 15.9. The highest BCUT2D eigenvalue weighted by Gasteiger charge is 2.32. The van der Waals surface area contributed by atoms with Crippen LogP contribution in [0, 0.1) is 0 Å². The molecule has 1 aliphatic rings. The van der Waals surface area contributed by atoms with Crippen molar-refractivity contribution in [3.8, 4) is 5.69 Å². The lowest BCUT2D eigenvalue weighted by atomic mass is 10.1. The lowest BCUT2D eigenvalue weighted by Crippen LogP contribution is -2.47. The molecule has 0 radical (unpaired) electrons. The summed E-state index contributed by atoms with van der Waals surface area (Å²) in [5.74, 6) is -0.747. The van der Waals surface area contributed by atoms with Crippen LogP contribution >= 0.6 is 0 Å². The van der Waals surface area contributed by atoms with Crippen LogP contribution in [0.4, 0.5) is 18.9 Å². The number of nitrogens with zero attached hydrogens (tertiary/aromatic N) is 4. The molecule has 1 aromatic heterocycles. The van der Waals surface area contributed by atoms with E-state index in [0.29, 0.717) is 26.2 Å². The third-order valence-corrected chi connectivity index (χ3v) is 7.41. The summed E-state index contributed by atoms with van der Waals surface area (Å²) < 4.78 is 68.6. The van der Waals surface area contributed by atoms with E-state index in [1.165, 1.54) is 51.7 Å². The zero-order valence-electron chi connectivity index (χ0n) is 18.2. The average Bonchev–Trinajstić information content (AvgIpc) is 3.33. The Kier molecular flexibility index (Phi) is 6.47. The van der Waals surface area contributed by atoms with Crippen LogP contribution in [0.3, 0.4) is 0 Å². The fourth-order valence-corrected chi connectivity index (χ4v) is 5.06. The number of amides is 1. The lowest BCUT2D eigenvalue weighted by molar-refractivity contribution is -0.137. The molecule has 1 amide bonds. The van der Waals surface area contributed by atoms with Crippen LogP contribution in [0.5, 0.6) is 0 Å². The molecule has 0 aliphatic carbocycles. The summed E-state index contributed by atoms with van der Waals surface area (Å²) >= 11 is 0. The Hall–Kier alpha value is -3.22. The second kappa shape index (κ2) is 9.20. The molecule has 4 rings (SSSR count). The predicted molar refractivity (Wildman–Crippen MR) is 119 cm³/mol. The highest BCUT2D eigenvalue weighted by atomic mass is 32.2. The van der Waals surface area contributed by atoms with Gasteiger partial charge < -0.3 is 10.2 Å². The van der Waals surface area contributed by atoms with Crippen molar-refractivity contribution in [2.75, 3.05) is 38.5 Å². The standard InChI is InChI=1S/C22H22F3N5O3S/c1-28-10-12-29(13-11-28)34(32,33)18-5-2-4-16(14-18)21(31)27-19-15-17(22(23,24)25)6-7-20(19)30-9-3-8-26-30/h2-9,14-15H,10-13H2,1H3,(H,27,31). The van der Waals surface area contributed by atoms with Crippen LogP contribution < -0.4 is 5.32 Å². The maximum Gasteiger partial charge on any atom is 0.416 e. The summed E-state index contributed by atoms with van der Waals surface area (Å²) in [4.78, 5) is 14.9. The van der Waals surface area contributed by atoms with Crippen LogP contribution in [0.2, 0.25) is 0 Å². The van der Waals surface area contributed by atoms with E-state index in [1.807, 2.05) is 11.9 Å². The minimum atomic E-state index is -4.61. The minimum Gasteiger partial charge on any atom is -0.320 e. The summed E-state index contributed by atoms with van der Waals surface area (Å²) in [5, 5.41) is 6.50. The monoisotopic (exact) mass is 493 g/mol. The number of anilines is 1. The van der Waals surface area contributed by atoms with Crippen molar-refractivity contribution in [3.63, 3.8) is 0 Å². The second-order valence-electron chi connectivity index (χ2n) is 7.87. The zero-order chi connectivity index (χ0) is 24.5. The molecule has 2 heterocycles. The summed E-state index contributed by atoms with van der Waals surface area (Å²) in [6.07, 6.45) is -1.63. The smallest absolute Gasteiger partial charge is 0.320 e. The van der Waals surface area contributed by atoms with Crippen molar-refractivity contribution in [3.05, 3.63) is 72.1 Å². The maximum absolute atomic E-state index is 13.3. The fourth-order valence-electron chi connectivity index (χ4n) is 3.59. The van der Waals surface area contributed by atoms with Gasteiger partial charge in [-0.25, -0.2) is 13.1 Å². The number of likely N-dealkylation sites (N-methyl/N-ethyl adjacent to an activating group) is 1. The molecule has 1 N–H and O–H groups in total. The van der Waals surface area contributed by atoms with Gasteiger partial charge in [-0.05, 0) is 49.5 Å². The third kappa shape index (κ3) is 4.98. The molecule has 0 bridgehead atoms. The molecule has 0 atom stereocenters. The number of benzene rings is 2. The number of rotatable bonds is 5. The predicted octanol–water partition coefficient (Wildman–Crippen LogP) is 3.08. The van der Waals surface area contributed by atoms with Crippen LogP contribution in [0.25, 0.3) is 5.69 Å². The van der Waals surface area contributed by atoms with Gasteiger partial charge in [-0.1, -0.05) is 6.07 Å². The van der Waals surface area contributed by atoms with E-state index in [1.54, 1.807) is 6.07 Å². The summed E-state index contributed by atoms with van der Waals surface area (Å²) in [6, 6.07) is 9.97. The number of sulfonamides is 1. The van der Waals surface area contributed by atoms with Crippen molar-refractivity contribution < 1.29 is 26.4 Å². The van der Waals surface area contributed by atoms with Gasteiger partial charge in [0.15, 0.2) is 0 Å². The Labute approximate surface area is 194 Å². The van der Waals surface area contributed by atoms with Gasteiger partial charge in [-0.15, -0.1) is 0 Å². The Morgan fingerprint density at radius 1 is 1.03 bits per heavy atom. The maximum atomic E-state index is 13.3. The van der Waals surface area contributed by atoms with Gasteiger partial charge in [0.25, 0.3) is 5.91 Å². The molecule has 2 aromatic carbocycles. The molecule has 180 valence electrons. The molecular formula is C22H22F3N5O3S. The molecule has 1 saturated heterocycles. The minimum absolute atomic E-state index is 0.000899. The zero-order valence-corrected chi connectivity index (χ0v) is 19.0. The Morgan fingerprint density at radius 3 is 2.41 bits per heavy atom. The van der Waals surface area contributed by atoms with Crippen molar-refractivity contribution in [2.24, 2.45) is 0 Å². The van der Waals surface area contributed by atoms with E-state index in [9.17, 15) is 26.4 Å². The summed E-state index contributed by atoms with van der Waals surface area (Å²) in [7, 11) is -1.92. The van der Waals surface area contributed by atoms with Crippen molar-refractivity contribution in [2.45, 2.75) is 11.1 Å². The van der Waals surface area contributed by atoms with E-state index in [-0.39, 0.29) is 21.8 Å². The molecule has 12 heteroatoms. The van der Waals surface area contributed by atoms with E-state index in [4.69, 9.17) is 0 Å². The number of carbonyl (C=O) groups excluding carboxylic acids is 1. The van der Waals surface area contributed by atoms with Gasteiger partial charge in [0.1, 0.15) is 0 Å².